The highest BCUT2D eigenvalue weighted by Crippen LogP contribution is 2.27. The van der Waals surface area contributed by atoms with Gasteiger partial charge in [0.15, 0.2) is 5.82 Å². The zero-order valence-corrected chi connectivity index (χ0v) is 22.5. The van der Waals surface area contributed by atoms with Crippen molar-refractivity contribution < 1.29 is 0 Å². The molecule has 5 rings (SSSR count). The zero-order valence-electron chi connectivity index (χ0n) is 22.5. The van der Waals surface area contributed by atoms with Crippen LogP contribution in [-0.4, -0.2) is 30.1 Å². The number of tetrazole rings is 1. The molecule has 0 radical (unpaired) electrons. The third-order valence-corrected chi connectivity index (χ3v) is 7.28. The third-order valence-electron chi connectivity index (χ3n) is 7.28. The minimum atomic E-state index is -0.0788. The maximum atomic E-state index is 13.2. The molecule has 0 unspecified atom stereocenters. The van der Waals surface area contributed by atoms with Crippen LogP contribution < -0.4 is 5.56 Å². The van der Waals surface area contributed by atoms with Crippen LogP contribution in [0.3, 0.4) is 0 Å². The lowest BCUT2D eigenvalue weighted by Crippen LogP contribution is -2.32. The van der Waals surface area contributed by atoms with Crippen molar-refractivity contribution in [3.63, 3.8) is 0 Å². The van der Waals surface area contributed by atoms with E-state index in [-0.39, 0.29) is 11.6 Å². The van der Waals surface area contributed by atoms with Gasteiger partial charge in [-0.2, -0.15) is 0 Å². The van der Waals surface area contributed by atoms with Crippen LogP contribution in [0.25, 0.3) is 10.9 Å². The number of hydrogen-bond donors (Lipinski definition) is 1. The molecule has 3 aromatic carbocycles. The molecule has 7 heteroatoms. The highest BCUT2D eigenvalue weighted by molar-refractivity contribution is 5.80. The first-order valence-corrected chi connectivity index (χ1v) is 13.1. The van der Waals surface area contributed by atoms with E-state index in [1.165, 1.54) is 16.7 Å². The molecule has 0 aliphatic heterocycles. The Morgan fingerprint density at radius 3 is 2.37 bits per heavy atom. The molecule has 0 aliphatic rings. The Hall–Kier alpha value is -4.10. The smallest absolute Gasteiger partial charge is 0.252 e. The first-order chi connectivity index (χ1) is 18.4. The van der Waals surface area contributed by atoms with Crippen molar-refractivity contribution in [1.82, 2.24) is 30.1 Å². The van der Waals surface area contributed by atoms with Crippen LogP contribution in [0.1, 0.15) is 58.6 Å². The van der Waals surface area contributed by atoms with Crippen LogP contribution >= 0.6 is 0 Å². The van der Waals surface area contributed by atoms with Gasteiger partial charge in [0.05, 0.1) is 12.6 Å². The molecule has 0 spiro atoms. The van der Waals surface area contributed by atoms with Crippen LogP contribution in [0.15, 0.2) is 77.6 Å². The van der Waals surface area contributed by atoms with Gasteiger partial charge in [0.1, 0.15) is 0 Å². The summed E-state index contributed by atoms with van der Waals surface area (Å²) in [6.45, 7) is 10.1. The minimum Gasteiger partial charge on any atom is -0.322 e. The molecular formula is C31H34N6O. The molecule has 5 aromatic rings. The quantitative estimate of drug-likeness (QED) is 0.280. The predicted molar refractivity (Wildman–Crippen MR) is 151 cm³/mol. The third kappa shape index (κ3) is 5.58. The molecule has 2 aromatic heterocycles. The van der Waals surface area contributed by atoms with Crippen molar-refractivity contribution in [2.24, 2.45) is 0 Å². The van der Waals surface area contributed by atoms with E-state index in [4.69, 9.17) is 0 Å². The summed E-state index contributed by atoms with van der Waals surface area (Å²) in [6, 6.07) is 24.9. The Labute approximate surface area is 223 Å². The lowest BCUT2D eigenvalue weighted by molar-refractivity contribution is 0.161. The monoisotopic (exact) mass is 506 g/mol. The fourth-order valence-electron chi connectivity index (χ4n) is 4.99. The molecule has 0 amide bonds. The van der Waals surface area contributed by atoms with Gasteiger partial charge in [0, 0.05) is 24.2 Å². The number of H-pyrrole nitrogens is 1. The number of aromatic nitrogens is 5. The maximum Gasteiger partial charge on any atom is 0.252 e. The van der Waals surface area contributed by atoms with E-state index in [9.17, 15) is 4.79 Å². The summed E-state index contributed by atoms with van der Waals surface area (Å²) >= 11 is 0. The van der Waals surface area contributed by atoms with Gasteiger partial charge in [-0.1, -0.05) is 67.1 Å². The van der Waals surface area contributed by atoms with Crippen molar-refractivity contribution in [2.45, 2.75) is 59.8 Å². The standard InChI is InChI=1S/C31H34N6O/c1-5-29(30-33-34-35-37(30)19-24-9-7-6-8-10-24)36(18-25-13-11-21(2)12-14-25)20-27-17-26-15-22(3)23(4)16-28(26)32-31(27)38/h6-17,29H,5,18-20H2,1-4H3,(H,32,38)/t29-/m1/s1. The van der Waals surface area contributed by atoms with Crippen LogP contribution in [0.5, 0.6) is 0 Å². The molecule has 38 heavy (non-hydrogen) atoms. The Morgan fingerprint density at radius 2 is 1.63 bits per heavy atom. The van der Waals surface area contributed by atoms with Crippen molar-refractivity contribution in [3.05, 3.63) is 122 Å². The van der Waals surface area contributed by atoms with E-state index in [1.807, 2.05) is 35.0 Å². The largest absolute Gasteiger partial charge is 0.322 e. The first kappa shape index (κ1) is 25.5. The van der Waals surface area contributed by atoms with E-state index in [1.54, 1.807) is 0 Å². The topological polar surface area (TPSA) is 79.7 Å². The van der Waals surface area contributed by atoms with E-state index in [2.05, 4.69) is 95.6 Å². The summed E-state index contributed by atoms with van der Waals surface area (Å²) in [5.74, 6) is 0.798. The van der Waals surface area contributed by atoms with Gasteiger partial charge < -0.3 is 4.98 Å². The van der Waals surface area contributed by atoms with Gasteiger partial charge in [-0.25, -0.2) is 4.68 Å². The van der Waals surface area contributed by atoms with Gasteiger partial charge in [-0.3, -0.25) is 9.69 Å². The molecular weight excluding hydrogens is 472 g/mol. The number of fused-ring (bicyclic) bond motifs is 1. The Kier molecular flexibility index (Phi) is 7.47. The van der Waals surface area contributed by atoms with E-state index in [0.717, 1.165) is 39.8 Å². The summed E-state index contributed by atoms with van der Waals surface area (Å²) in [4.78, 5) is 18.7. The Morgan fingerprint density at radius 1 is 0.895 bits per heavy atom. The van der Waals surface area contributed by atoms with Crippen LogP contribution in [0.4, 0.5) is 0 Å². The van der Waals surface area contributed by atoms with E-state index < -0.39 is 0 Å². The minimum absolute atomic E-state index is 0.0617. The molecule has 0 saturated carbocycles. The fraction of sp³-hybridized carbons (Fsp3) is 0.290. The number of nitrogens with one attached hydrogen (secondary N) is 1. The second-order valence-corrected chi connectivity index (χ2v) is 10.1. The summed E-state index contributed by atoms with van der Waals surface area (Å²) in [5.41, 5.74) is 7.44. The van der Waals surface area contributed by atoms with Gasteiger partial charge >= 0.3 is 0 Å². The number of pyridine rings is 1. The van der Waals surface area contributed by atoms with E-state index >= 15 is 0 Å². The van der Waals surface area contributed by atoms with Crippen molar-refractivity contribution in [2.75, 3.05) is 0 Å². The number of benzene rings is 3. The van der Waals surface area contributed by atoms with Gasteiger partial charge in [0.25, 0.3) is 5.56 Å². The number of hydrogen-bond acceptors (Lipinski definition) is 5. The molecule has 2 heterocycles. The molecule has 0 aliphatic carbocycles. The first-order valence-electron chi connectivity index (χ1n) is 13.1. The summed E-state index contributed by atoms with van der Waals surface area (Å²) in [7, 11) is 0. The average molecular weight is 507 g/mol. The molecule has 1 atom stereocenters. The van der Waals surface area contributed by atoms with Crippen molar-refractivity contribution in [1.29, 1.82) is 0 Å². The Balaban J connectivity index is 1.53. The van der Waals surface area contributed by atoms with Gasteiger partial charge in [-0.15, -0.1) is 5.10 Å². The molecule has 1 N–H and O–H groups in total. The van der Waals surface area contributed by atoms with Crippen LogP contribution in [-0.2, 0) is 19.6 Å². The number of nitrogens with zero attached hydrogens (tertiary/aromatic N) is 5. The second kappa shape index (κ2) is 11.1. The lowest BCUT2D eigenvalue weighted by atomic mass is 10.0. The van der Waals surface area contributed by atoms with Crippen molar-refractivity contribution >= 4 is 10.9 Å². The Bertz CT molecular complexity index is 1590. The van der Waals surface area contributed by atoms with Gasteiger partial charge in [0.2, 0.25) is 0 Å². The normalized spacial score (nSPS) is 12.3. The van der Waals surface area contributed by atoms with Crippen LogP contribution in [0.2, 0.25) is 0 Å². The lowest BCUT2D eigenvalue weighted by Gasteiger charge is -2.30. The average Bonchev–Trinajstić information content (AvgIpc) is 3.35. The second-order valence-electron chi connectivity index (χ2n) is 10.1. The fourth-order valence-corrected chi connectivity index (χ4v) is 4.99. The molecule has 0 saturated heterocycles. The summed E-state index contributed by atoms with van der Waals surface area (Å²) < 4.78 is 1.88. The number of aromatic amines is 1. The highest BCUT2D eigenvalue weighted by Gasteiger charge is 2.26. The van der Waals surface area contributed by atoms with E-state index in [0.29, 0.717) is 19.6 Å². The maximum absolute atomic E-state index is 13.2. The number of rotatable bonds is 9. The molecule has 0 bridgehead atoms. The SMILES string of the molecule is CC[C@H](c1nnnn1Cc1ccccc1)N(Cc1ccc(C)cc1)Cc1cc2cc(C)c(C)cc2[nH]c1=O. The molecule has 7 nitrogen and oxygen atoms in total. The predicted octanol–water partition coefficient (Wildman–Crippen LogP) is 5.64. The van der Waals surface area contributed by atoms with Gasteiger partial charge in [-0.05, 0) is 83.5 Å². The highest BCUT2D eigenvalue weighted by atomic mass is 16.1. The zero-order chi connectivity index (χ0) is 26.6. The molecule has 194 valence electrons. The molecule has 0 fully saturated rings. The van der Waals surface area contributed by atoms with Crippen molar-refractivity contribution in [3.8, 4) is 0 Å². The summed E-state index contributed by atoms with van der Waals surface area (Å²) in [5, 5.41) is 13.9. The van der Waals surface area contributed by atoms with Crippen LogP contribution in [0, 0.1) is 20.8 Å². The number of aryl methyl sites for hydroxylation is 3. The summed E-state index contributed by atoms with van der Waals surface area (Å²) in [6.07, 6.45) is 0.796.